The van der Waals surface area contributed by atoms with Gasteiger partial charge in [-0.3, -0.25) is 0 Å². The van der Waals surface area contributed by atoms with Gasteiger partial charge in [-0.1, -0.05) is 0 Å². The van der Waals surface area contributed by atoms with Crippen molar-refractivity contribution < 1.29 is 24.0 Å². The summed E-state index contributed by atoms with van der Waals surface area (Å²) in [6.45, 7) is 12.5. The van der Waals surface area contributed by atoms with Crippen LogP contribution in [0.1, 0.15) is 48.0 Å². The van der Waals surface area contributed by atoms with Crippen molar-refractivity contribution in [3.63, 3.8) is 0 Å². The molecule has 6 heteroatoms. The standard InChI is InChI=1S/C13H28BO5/c1-7-16-11(17-8-2)14-19-12(3,4)9-10-18-13(5,6)15/h11,15H,7-10H2,1-6H3. The van der Waals surface area contributed by atoms with Crippen LogP contribution in [0.4, 0.5) is 0 Å². The molecule has 0 bridgehead atoms. The Balaban J connectivity index is 3.99. The summed E-state index contributed by atoms with van der Waals surface area (Å²) >= 11 is 0. The molecule has 0 atom stereocenters. The summed E-state index contributed by atoms with van der Waals surface area (Å²) in [5.41, 5.74) is -0.405. The number of aliphatic hydroxyl groups is 1. The topological polar surface area (TPSA) is 57.2 Å². The van der Waals surface area contributed by atoms with E-state index >= 15 is 0 Å². The predicted octanol–water partition coefficient (Wildman–Crippen LogP) is 1.89. The van der Waals surface area contributed by atoms with Gasteiger partial charge in [0, 0.05) is 18.8 Å². The average molecular weight is 275 g/mol. The monoisotopic (exact) mass is 275 g/mol. The third-order valence-electron chi connectivity index (χ3n) is 2.32. The summed E-state index contributed by atoms with van der Waals surface area (Å²) in [7, 11) is 1.57. The molecule has 0 fully saturated rings. The van der Waals surface area contributed by atoms with Crippen molar-refractivity contribution in [3.05, 3.63) is 0 Å². The molecular weight excluding hydrogens is 247 g/mol. The highest BCUT2D eigenvalue weighted by Crippen LogP contribution is 2.16. The van der Waals surface area contributed by atoms with E-state index < -0.39 is 17.6 Å². The van der Waals surface area contributed by atoms with Gasteiger partial charge in [0.1, 0.15) is 0 Å². The van der Waals surface area contributed by atoms with E-state index in [0.29, 0.717) is 26.2 Å². The fraction of sp³-hybridized carbons (Fsp3) is 1.00. The van der Waals surface area contributed by atoms with Crippen molar-refractivity contribution in [1.82, 2.24) is 0 Å². The SMILES string of the molecule is CCOC([B]OC(C)(C)CCOC(C)(C)O)OCC. The Kier molecular flexibility index (Phi) is 8.86. The first kappa shape index (κ1) is 18.9. The van der Waals surface area contributed by atoms with Gasteiger partial charge in [-0.05, 0) is 48.0 Å². The Morgan fingerprint density at radius 1 is 1.05 bits per heavy atom. The molecule has 1 radical (unpaired) electrons. The lowest BCUT2D eigenvalue weighted by Crippen LogP contribution is -2.36. The molecule has 0 aromatic heterocycles. The van der Waals surface area contributed by atoms with E-state index in [4.69, 9.17) is 18.9 Å². The van der Waals surface area contributed by atoms with Crippen LogP contribution in [0, 0.1) is 0 Å². The molecule has 113 valence electrons. The molecule has 0 rings (SSSR count). The minimum atomic E-state index is -1.11. The predicted molar refractivity (Wildman–Crippen MR) is 74.8 cm³/mol. The second-order valence-electron chi connectivity index (χ2n) is 5.34. The van der Waals surface area contributed by atoms with Crippen molar-refractivity contribution in [2.75, 3.05) is 19.8 Å². The fourth-order valence-electron chi connectivity index (χ4n) is 1.30. The molecule has 0 aliphatic heterocycles. The summed E-state index contributed by atoms with van der Waals surface area (Å²) in [4.78, 5) is 0. The van der Waals surface area contributed by atoms with Crippen LogP contribution in [0.2, 0.25) is 0 Å². The molecule has 0 heterocycles. The third-order valence-corrected chi connectivity index (χ3v) is 2.32. The van der Waals surface area contributed by atoms with Crippen LogP contribution in [-0.4, -0.2) is 50.0 Å². The van der Waals surface area contributed by atoms with E-state index in [1.54, 1.807) is 21.3 Å². The van der Waals surface area contributed by atoms with Gasteiger partial charge in [0.15, 0.2) is 12.0 Å². The van der Waals surface area contributed by atoms with E-state index in [2.05, 4.69) is 0 Å². The summed E-state index contributed by atoms with van der Waals surface area (Å²) in [5.74, 6) is -1.11. The smallest absolute Gasteiger partial charge is 0.361 e. The molecule has 0 aromatic carbocycles. The Morgan fingerprint density at radius 3 is 2.00 bits per heavy atom. The third kappa shape index (κ3) is 11.4. The van der Waals surface area contributed by atoms with Crippen molar-refractivity contribution in [3.8, 4) is 0 Å². The second-order valence-corrected chi connectivity index (χ2v) is 5.34. The molecule has 1 N–H and O–H groups in total. The molecule has 5 nitrogen and oxygen atoms in total. The summed E-state index contributed by atoms with van der Waals surface area (Å²) in [6.07, 6.45) is 0.197. The maximum absolute atomic E-state index is 9.46. The van der Waals surface area contributed by atoms with Gasteiger partial charge in [-0.25, -0.2) is 0 Å². The van der Waals surface area contributed by atoms with E-state index in [1.807, 2.05) is 27.7 Å². The highest BCUT2D eigenvalue weighted by atomic mass is 16.7. The zero-order valence-electron chi connectivity index (χ0n) is 13.1. The van der Waals surface area contributed by atoms with Gasteiger partial charge in [-0.2, -0.15) is 0 Å². The van der Waals surface area contributed by atoms with Gasteiger partial charge in [0.05, 0.1) is 6.61 Å². The number of rotatable bonds is 11. The highest BCUT2D eigenvalue weighted by Gasteiger charge is 2.24. The maximum atomic E-state index is 9.46. The van der Waals surface area contributed by atoms with Crippen molar-refractivity contribution in [1.29, 1.82) is 0 Å². The lowest BCUT2D eigenvalue weighted by Gasteiger charge is -2.29. The quantitative estimate of drug-likeness (QED) is 0.461. The molecule has 0 aromatic rings. The van der Waals surface area contributed by atoms with Crippen molar-refractivity contribution in [2.45, 2.75) is 65.5 Å². The Hall–Kier alpha value is -0.135. The van der Waals surface area contributed by atoms with Crippen LogP contribution in [0.5, 0.6) is 0 Å². The lowest BCUT2D eigenvalue weighted by molar-refractivity contribution is -0.181. The van der Waals surface area contributed by atoms with E-state index in [0.717, 1.165) is 0 Å². The molecule has 0 aliphatic rings. The molecule has 0 amide bonds. The van der Waals surface area contributed by atoms with Crippen molar-refractivity contribution >= 4 is 7.48 Å². The normalized spacial score (nSPS) is 13.1. The fourth-order valence-corrected chi connectivity index (χ4v) is 1.30. The first-order chi connectivity index (χ1) is 8.70. The first-order valence-corrected chi connectivity index (χ1v) is 6.81. The zero-order valence-corrected chi connectivity index (χ0v) is 13.1. The second kappa shape index (κ2) is 8.92. The molecule has 0 spiro atoms. The minimum Gasteiger partial charge on any atom is -0.430 e. The van der Waals surface area contributed by atoms with Gasteiger partial charge in [-0.15, -0.1) is 0 Å². The van der Waals surface area contributed by atoms with Crippen LogP contribution in [0.3, 0.4) is 0 Å². The maximum Gasteiger partial charge on any atom is 0.361 e. The number of hydrogen-bond donors (Lipinski definition) is 1. The minimum absolute atomic E-state index is 0.405. The lowest BCUT2D eigenvalue weighted by atomic mass is 9.95. The Bertz CT molecular complexity index is 222. The van der Waals surface area contributed by atoms with Gasteiger partial charge < -0.3 is 24.0 Å². The molecular formula is C13H28BO5. The summed E-state index contributed by atoms with van der Waals surface area (Å²) in [5, 5.41) is 9.46. The van der Waals surface area contributed by atoms with Crippen LogP contribution in [0.25, 0.3) is 0 Å². The largest absolute Gasteiger partial charge is 0.430 e. The number of hydrogen-bond acceptors (Lipinski definition) is 5. The summed E-state index contributed by atoms with van der Waals surface area (Å²) < 4.78 is 21.7. The first-order valence-electron chi connectivity index (χ1n) is 6.81. The van der Waals surface area contributed by atoms with Crippen LogP contribution in [0.15, 0.2) is 0 Å². The van der Waals surface area contributed by atoms with Crippen LogP contribution >= 0.6 is 0 Å². The number of ether oxygens (including phenoxy) is 3. The van der Waals surface area contributed by atoms with E-state index in [-0.39, 0.29) is 0 Å². The Labute approximate surface area is 117 Å². The van der Waals surface area contributed by atoms with E-state index in [9.17, 15) is 5.11 Å². The van der Waals surface area contributed by atoms with Gasteiger partial charge >= 0.3 is 7.48 Å². The molecule has 0 unspecified atom stereocenters. The van der Waals surface area contributed by atoms with Gasteiger partial charge in [0.2, 0.25) is 0 Å². The molecule has 19 heavy (non-hydrogen) atoms. The highest BCUT2D eigenvalue weighted by molar-refractivity contribution is 6.28. The molecule has 0 saturated carbocycles. The van der Waals surface area contributed by atoms with Crippen molar-refractivity contribution in [2.24, 2.45) is 0 Å². The van der Waals surface area contributed by atoms with Crippen LogP contribution in [-0.2, 0) is 18.9 Å². The van der Waals surface area contributed by atoms with E-state index in [1.165, 1.54) is 0 Å². The average Bonchev–Trinajstić information content (AvgIpc) is 2.24. The van der Waals surface area contributed by atoms with Crippen LogP contribution < -0.4 is 0 Å². The zero-order chi connectivity index (χ0) is 14.9. The van der Waals surface area contributed by atoms with Gasteiger partial charge in [0.25, 0.3) is 0 Å². The Morgan fingerprint density at radius 2 is 1.58 bits per heavy atom. The summed E-state index contributed by atoms with van der Waals surface area (Å²) in [6, 6.07) is 0. The molecule has 0 saturated heterocycles. The molecule has 0 aliphatic carbocycles.